The molecule has 80 valence electrons. The normalized spacial score (nSPS) is 12.2. The number of hydrogen-bond donors (Lipinski definition) is 1. The lowest BCUT2D eigenvalue weighted by atomic mass is 10.1. The molecule has 0 saturated heterocycles. The van der Waals surface area contributed by atoms with Gasteiger partial charge in [-0.05, 0) is 26.0 Å². The highest BCUT2D eigenvalue weighted by molar-refractivity contribution is 5.74. The number of methoxy groups -OCH3 is 1. The fourth-order valence-electron chi connectivity index (χ4n) is 1.56. The van der Waals surface area contributed by atoms with Crippen molar-refractivity contribution in [3.63, 3.8) is 0 Å². The third-order valence-electron chi connectivity index (χ3n) is 2.58. The number of ether oxygens (including phenoxy) is 1. The second kappa shape index (κ2) is 3.66. The van der Waals surface area contributed by atoms with E-state index in [1.165, 1.54) is 0 Å². The lowest BCUT2D eigenvalue weighted by Crippen LogP contribution is -2.26. The van der Waals surface area contributed by atoms with Gasteiger partial charge in [0.15, 0.2) is 0 Å². The lowest BCUT2D eigenvalue weighted by molar-refractivity contribution is 0.0218. The second-order valence-electron chi connectivity index (χ2n) is 4.34. The zero-order chi connectivity index (χ0) is 10.9. The van der Waals surface area contributed by atoms with Crippen LogP contribution in [0.4, 0.5) is 0 Å². The van der Waals surface area contributed by atoms with Crippen LogP contribution in [0, 0.1) is 0 Å². The summed E-state index contributed by atoms with van der Waals surface area (Å²) in [7, 11) is 1.72. The summed E-state index contributed by atoms with van der Waals surface area (Å²) in [5.74, 6) is 0.975. The van der Waals surface area contributed by atoms with Crippen molar-refractivity contribution in [3.8, 4) is 0 Å². The Kier molecular flexibility index (Phi) is 2.49. The van der Waals surface area contributed by atoms with Gasteiger partial charge in [0.1, 0.15) is 5.82 Å². The fourth-order valence-corrected chi connectivity index (χ4v) is 1.56. The molecule has 0 bridgehead atoms. The summed E-state index contributed by atoms with van der Waals surface area (Å²) in [4.78, 5) is 7.81. The number of benzene rings is 1. The van der Waals surface area contributed by atoms with Gasteiger partial charge >= 0.3 is 0 Å². The highest BCUT2D eigenvalue weighted by atomic mass is 16.5. The minimum Gasteiger partial charge on any atom is -0.378 e. The minimum absolute atomic E-state index is 0.173. The van der Waals surface area contributed by atoms with E-state index in [0.29, 0.717) is 0 Å². The standard InChI is InChI=1S/C12H16N2O/c1-12(2,15-3)8-11-13-9-6-4-5-7-10(9)14-11/h4-7H,8H2,1-3H3,(H,13,14). The molecular weight excluding hydrogens is 188 g/mol. The van der Waals surface area contributed by atoms with Crippen LogP contribution >= 0.6 is 0 Å². The maximum Gasteiger partial charge on any atom is 0.110 e. The van der Waals surface area contributed by atoms with Gasteiger partial charge in [-0.3, -0.25) is 0 Å². The molecule has 1 heterocycles. The van der Waals surface area contributed by atoms with Crippen molar-refractivity contribution >= 4 is 11.0 Å². The van der Waals surface area contributed by atoms with Crippen molar-refractivity contribution in [2.75, 3.05) is 7.11 Å². The molecule has 1 N–H and O–H groups in total. The Balaban J connectivity index is 2.30. The summed E-state index contributed by atoms with van der Waals surface area (Å²) in [6, 6.07) is 8.04. The molecule has 0 fully saturated rings. The summed E-state index contributed by atoms with van der Waals surface area (Å²) in [6.45, 7) is 4.11. The first-order chi connectivity index (χ1) is 7.11. The molecule has 0 radical (unpaired) electrons. The monoisotopic (exact) mass is 204 g/mol. The maximum absolute atomic E-state index is 5.38. The number of aromatic nitrogens is 2. The molecule has 2 aromatic rings. The Labute approximate surface area is 89.5 Å². The number of para-hydroxylation sites is 2. The molecule has 2 rings (SSSR count). The molecule has 0 atom stereocenters. The van der Waals surface area contributed by atoms with E-state index in [-0.39, 0.29) is 5.60 Å². The first-order valence-corrected chi connectivity index (χ1v) is 5.09. The van der Waals surface area contributed by atoms with Gasteiger partial charge in [0.2, 0.25) is 0 Å². The van der Waals surface area contributed by atoms with Crippen LogP contribution in [0.2, 0.25) is 0 Å². The quantitative estimate of drug-likeness (QED) is 0.834. The summed E-state index contributed by atoms with van der Waals surface area (Å²) in [6.07, 6.45) is 0.790. The average molecular weight is 204 g/mol. The number of aromatic amines is 1. The van der Waals surface area contributed by atoms with Crippen molar-refractivity contribution in [2.24, 2.45) is 0 Å². The SMILES string of the molecule is COC(C)(C)Cc1nc2ccccc2[nH]1. The number of rotatable bonds is 3. The van der Waals surface area contributed by atoms with Crippen molar-refractivity contribution in [1.29, 1.82) is 0 Å². The third kappa shape index (κ3) is 2.18. The smallest absolute Gasteiger partial charge is 0.110 e. The number of imidazole rings is 1. The van der Waals surface area contributed by atoms with Crippen LogP contribution in [0.1, 0.15) is 19.7 Å². The Morgan fingerprint density at radius 2 is 2.07 bits per heavy atom. The van der Waals surface area contributed by atoms with Crippen LogP contribution in [0.25, 0.3) is 11.0 Å². The highest BCUT2D eigenvalue weighted by Gasteiger charge is 2.19. The Morgan fingerprint density at radius 1 is 1.33 bits per heavy atom. The molecule has 1 aromatic heterocycles. The Hall–Kier alpha value is -1.35. The van der Waals surface area contributed by atoms with Gasteiger partial charge in [-0.25, -0.2) is 4.98 Å². The van der Waals surface area contributed by atoms with E-state index in [1.54, 1.807) is 7.11 Å². The van der Waals surface area contributed by atoms with Crippen molar-refractivity contribution in [3.05, 3.63) is 30.1 Å². The van der Waals surface area contributed by atoms with E-state index < -0.39 is 0 Å². The average Bonchev–Trinajstić information content (AvgIpc) is 2.58. The molecule has 3 heteroatoms. The van der Waals surface area contributed by atoms with Crippen LogP contribution < -0.4 is 0 Å². The van der Waals surface area contributed by atoms with E-state index in [2.05, 4.69) is 23.8 Å². The third-order valence-corrected chi connectivity index (χ3v) is 2.58. The number of H-pyrrole nitrogens is 1. The molecule has 15 heavy (non-hydrogen) atoms. The van der Waals surface area contributed by atoms with E-state index in [1.807, 2.05) is 24.3 Å². The topological polar surface area (TPSA) is 37.9 Å². The molecule has 0 unspecified atom stereocenters. The molecule has 1 aromatic carbocycles. The van der Waals surface area contributed by atoms with E-state index in [0.717, 1.165) is 23.3 Å². The van der Waals surface area contributed by atoms with Gasteiger partial charge in [0.05, 0.1) is 16.6 Å². The first kappa shape index (κ1) is 10.2. The van der Waals surface area contributed by atoms with E-state index in [4.69, 9.17) is 4.74 Å². The van der Waals surface area contributed by atoms with Crippen LogP contribution in [0.15, 0.2) is 24.3 Å². The summed E-state index contributed by atoms with van der Waals surface area (Å²) >= 11 is 0. The molecule has 0 amide bonds. The summed E-state index contributed by atoms with van der Waals surface area (Å²) < 4.78 is 5.38. The summed E-state index contributed by atoms with van der Waals surface area (Å²) in [5.41, 5.74) is 1.92. The van der Waals surface area contributed by atoms with Crippen LogP contribution in [-0.2, 0) is 11.2 Å². The Morgan fingerprint density at radius 3 is 2.73 bits per heavy atom. The molecule has 3 nitrogen and oxygen atoms in total. The van der Waals surface area contributed by atoms with Crippen LogP contribution in [0.3, 0.4) is 0 Å². The zero-order valence-corrected chi connectivity index (χ0v) is 9.37. The maximum atomic E-state index is 5.38. The lowest BCUT2D eigenvalue weighted by Gasteiger charge is -2.21. The van der Waals surface area contributed by atoms with Gasteiger partial charge in [-0.15, -0.1) is 0 Å². The van der Waals surface area contributed by atoms with Gasteiger partial charge in [-0.2, -0.15) is 0 Å². The number of hydrogen-bond acceptors (Lipinski definition) is 2. The fraction of sp³-hybridized carbons (Fsp3) is 0.417. The van der Waals surface area contributed by atoms with Crippen molar-refractivity contribution < 1.29 is 4.74 Å². The molecule has 0 aliphatic carbocycles. The van der Waals surface area contributed by atoms with Crippen molar-refractivity contribution in [2.45, 2.75) is 25.9 Å². The minimum atomic E-state index is -0.173. The van der Waals surface area contributed by atoms with Crippen LogP contribution in [0.5, 0.6) is 0 Å². The van der Waals surface area contributed by atoms with Crippen molar-refractivity contribution in [1.82, 2.24) is 9.97 Å². The van der Waals surface area contributed by atoms with Gasteiger partial charge in [0.25, 0.3) is 0 Å². The van der Waals surface area contributed by atoms with Gasteiger partial charge in [-0.1, -0.05) is 12.1 Å². The Bertz CT molecular complexity index is 426. The molecule has 0 saturated carbocycles. The zero-order valence-electron chi connectivity index (χ0n) is 9.37. The number of nitrogens with zero attached hydrogens (tertiary/aromatic N) is 1. The van der Waals surface area contributed by atoms with Gasteiger partial charge < -0.3 is 9.72 Å². The van der Waals surface area contributed by atoms with Gasteiger partial charge in [0, 0.05) is 13.5 Å². The number of fused-ring (bicyclic) bond motifs is 1. The molecular formula is C12H16N2O. The number of nitrogens with one attached hydrogen (secondary N) is 1. The van der Waals surface area contributed by atoms with E-state index in [9.17, 15) is 0 Å². The van der Waals surface area contributed by atoms with Crippen LogP contribution in [-0.4, -0.2) is 22.7 Å². The molecule has 0 spiro atoms. The first-order valence-electron chi connectivity index (χ1n) is 5.09. The summed E-state index contributed by atoms with van der Waals surface area (Å²) in [5, 5.41) is 0. The molecule has 0 aliphatic heterocycles. The predicted molar refractivity (Wildman–Crippen MR) is 60.9 cm³/mol. The highest BCUT2D eigenvalue weighted by Crippen LogP contribution is 2.17. The molecule has 0 aliphatic rings. The largest absolute Gasteiger partial charge is 0.378 e. The second-order valence-corrected chi connectivity index (χ2v) is 4.34. The predicted octanol–water partition coefficient (Wildman–Crippen LogP) is 2.53. The van der Waals surface area contributed by atoms with E-state index >= 15 is 0 Å².